The number of para-hydroxylation sites is 3. The second-order valence-corrected chi connectivity index (χ2v) is 12.2. The first kappa shape index (κ1) is 14.8. The first-order valence-corrected chi connectivity index (χ1v) is 16.9. The summed E-state index contributed by atoms with van der Waals surface area (Å²) in [6.45, 7) is 0. The zero-order valence-corrected chi connectivity index (χ0v) is 28.7. The van der Waals surface area contributed by atoms with Crippen LogP contribution in [0.25, 0.3) is 88.0 Å². The van der Waals surface area contributed by atoms with Crippen LogP contribution in [0.4, 0.5) is 17.1 Å². The van der Waals surface area contributed by atoms with Gasteiger partial charge in [0.2, 0.25) is 0 Å². The summed E-state index contributed by atoms with van der Waals surface area (Å²) in [5.41, 5.74) is -6.64. The van der Waals surface area contributed by atoms with E-state index in [1.807, 2.05) is 0 Å². The van der Waals surface area contributed by atoms with Crippen LogP contribution in [0.1, 0.15) is 39.8 Å². The van der Waals surface area contributed by atoms with E-state index in [1.165, 1.54) is 18.2 Å². The number of hydrogen-bond donors (Lipinski definition) is 0. The van der Waals surface area contributed by atoms with E-state index in [4.69, 9.17) is 29.7 Å². The van der Waals surface area contributed by atoms with Crippen molar-refractivity contribution in [3.05, 3.63) is 206 Å². The minimum absolute atomic E-state index is 0.00952. The van der Waals surface area contributed by atoms with Crippen LogP contribution in [0.15, 0.2) is 206 Å². The van der Waals surface area contributed by atoms with Crippen LogP contribution in [0.2, 0.25) is 0 Å². The fraction of sp³-hybridized carbons (Fsp3) is 0. The van der Waals surface area contributed by atoms with Gasteiger partial charge in [0.1, 0.15) is 0 Å². The molecule has 8 aromatic carbocycles. The molecule has 3 aromatic heterocycles. The highest BCUT2D eigenvalue weighted by Crippen LogP contribution is 2.41. The molecule has 11 rings (SSSR count). The number of benzene rings is 8. The summed E-state index contributed by atoms with van der Waals surface area (Å²) in [7, 11) is 0. The van der Waals surface area contributed by atoms with E-state index < -0.39 is 247 Å². The molecule has 0 fully saturated rings. The lowest BCUT2D eigenvalue weighted by atomic mass is 9.92. The number of anilines is 3. The van der Waals surface area contributed by atoms with E-state index in [9.17, 15) is 15.1 Å². The maximum Gasteiger partial charge on any atom is 0.0972 e. The summed E-state index contributed by atoms with van der Waals surface area (Å²) in [6, 6.07) is -19.0. The van der Waals surface area contributed by atoms with Crippen molar-refractivity contribution >= 4 is 71.3 Å². The Morgan fingerprint density at radius 1 is 0.368 bits per heavy atom. The van der Waals surface area contributed by atoms with E-state index in [1.54, 1.807) is 12.1 Å². The average molecular weight is 756 g/mol. The molecule has 4 heteroatoms. The second-order valence-electron chi connectivity index (χ2n) is 12.2. The molecular formula is C53H34N4. The quantitative estimate of drug-likeness (QED) is 0.159. The molecule has 4 nitrogen and oxygen atoms in total. The Hall–Kier alpha value is -7.69. The molecule has 0 saturated carbocycles. The third-order valence-corrected chi connectivity index (χ3v) is 9.01. The summed E-state index contributed by atoms with van der Waals surface area (Å²) >= 11 is 0. The summed E-state index contributed by atoms with van der Waals surface area (Å²) < 4.78 is 260. The SMILES string of the molecule is [2H]c1cc2ccc3ccc(-c4c([2H])c([2H])c([2H])c([2H])c4[2H])nc3c2nc1-c1c([2H])c([2H])c([2H])c2c1c([2H])c([2H])c1c(-c3c([2H])c([2H])c(N(c4c([2H])c([2H])c([2H])c([2H])c4[2H])c4c([2H])c([2H])c([2H])c([2H])c4[2H])c([2H])c3[2H])nc3c([2H])c([2H])c([2H])c([2H])c3c12. The van der Waals surface area contributed by atoms with Crippen molar-refractivity contribution < 1.29 is 39.8 Å². The standard InChI is InChI=1S/C53H34N4/c1-4-13-35(14-5-1)47-33-27-37-23-24-38-28-34-49(56-53(38)52(37)54-47)43-20-12-21-44-42(43)31-32-46-50(44)45-19-10-11-22-48(45)55-51(46)36-25-29-41(30-26-36)57(39-15-6-2-7-16-39)40-17-8-3-9-18-40/h1-34H/i1D,2D,3D,4D,5D,6D,7D,8D,9D,10D,11D,12D,13D,14D,15D,16D,17D,18D,19D,20D,21D,22D,25D,26D,29D,30D,31D,32D,34D. The molecule has 266 valence electrons. The number of pyridine rings is 3. The monoisotopic (exact) mass is 755 g/mol. The number of hydrogen-bond acceptors (Lipinski definition) is 4. The van der Waals surface area contributed by atoms with E-state index >= 15 is 0 Å². The fourth-order valence-electron chi connectivity index (χ4n) is 6.50. The number of aromatic nitrogens is 3. The summed E-state index contributed by atoms with van der Waals surface area (Å²) in [4.78, 5) is 14.4. The van der Waals surface area contributed by atoms with Gasteiger partial charge >= 0.3 is 0 Å². The van der Waals surface area contributed by atoms with Gasteiger partial charge in [-0.2, -0.15) is 0 Å². The minimum atomic E-state index is -1.20. The smallest absolute Gasteiger partial charge is 0.0972 e. The second kappa shape index (κ2) is 13.6. The van der Waals surface area contributed by atoms with Crippen LogP contribution in [0.3, 0.4) is 0 Å². The maximum absolute atomic E-state index is 9.83. The first-order valence-electron chi connectivity index (χ1n) is 31.4. The normalized spacial score (nSPS) is 18.6. The predicted molar refractivity (Wildman–Crippen MR) is 238 cm³/mol. The van der Waals surface area contributed by atoms with Crippen LogP contribution in [0.5, 0.6) is 0 Å². The van der Waals surface area contributed by atoms with Crippen molar-refractivity contribution in [3.63, 3.8) is 0 Å². The van der Waals surface area contributed by atoms with Gasteiger partial charge in [0.15, 0.2) is 0 Å². The molecular weight excluding hydrogens is 693 g/mol. The third-order valence-electron chi connectivity index (χ3n) is 9.01. The van der Waals surface area contributed by atoms with Crippen LogP contribution < -0.4 is 4.90 Å². The highest BCUT2D eigenvalue weighted by molar-refractivity contribution is 6.24. The number of rotatable bonds is 6. The van der Waals surface area contributed by atoms with Crippen molar-refractivity contribution in [2.24, 2.45) is 0 Å². The van der Waals surface area contributed by atoms with Crippen LogP contribution in [-0.2, 0) is 0 Å². The third kappa shape index (κ3) is 5.66. The molecule has 0 spiro atoms. The molecule has 0 atom stereocenters. The number of fused-ring (bicyclic) bond motifs is 8. The van der Waals surface area contributed by atoms with Gasteiger partial charge in [-0.25, -0.2) is 15.0 Å². The Morgan fingerprint density at radius 3 is 1.68 bits per heavy atom. The Morgan fingerprint density at radius 2 is 0.947 bits per heavy atom. The molecule has 0 bridgehead atoms. The zero-order chi connectivity index (χ0) is 62.9. The average Bonchev–Trinajstić information content (AvgIpc) is 0.709. The zero-order valence-electron chi connectivity index (χ0n) is 57.7. The summed E-state index contributed by atoms with van der Waals surface area (Å²) in [5.74, 6) is 0. The highest BCUT2D eigenvalue weighted by atomic mass is 15.1. The molecule has 0 aliphatic rings. The molecule has 0 saturated heterocycles. The van der Waals surface area contributed by atoms with Crippen LogP contribution in [0, 0.1) is 0 Å². The molecule has 0 unspecified atom stereocenters. The van der Waals surface area contributed by atoms with E-state index in [0.29, 0.717) is 10.3 Å². The van der Waals surface area contributed by atoms with Gasteiger partial charge in [-0.05, 0) is 65.2 Å². The van der Waals surface area contributed by atoms with Gasteiger partial charge in [0.25, 0.3) is 0 Å². The highest BCUT2D eigenvalue weighted by Gasteiger charge is 2.18. The van der Waals surface area contributed by atoms with Gasteiger partial charge in [-0.1, -0.05) is 151 Å². The predicted octanol–water partition coefficient (Wildman–Crippen LogP) is 14.1. The first-order chi connectivity index (χ1) is 40.3. The molecule has 11 aromatic rings. The molecule has 0 aliphatic carbocycles. The largest absolute Gasteiger partial charge is 0.311 e. The van der Waals surface area contributed by atoms with E-state index in [-0.39, 0.29) is 27.7 Å². The number of nitrogens with zero attached hydrogens (tertiary/aromatic N) is 4. The fourth-order valence-corrected chi connectivity index (χ4v) is 6.50. The van der Waals surface area contributed by atoms with Gasteiger partial charge in [0.05, 0.1) is 73.4 Å². The molecule has 3 heterocycles. The molecule has 57 heavy (non-hydrogen) atoms. The van der Waals surface area contributed by atoms with Crippen molar-refractivity contribution in [1.29, 1.82) is 0 Å². The maximum atomic E-state index is 9.83. The topological polar surface area (TPSA) is 41.9 Å². The minimum Gasteiger partial charge on any atom is -0.311 e. The van der Waals surface area contributed by atoms with Crippen molar-refractivity contribution in [2.45, 2.75) is 0 Å². The summed E-state index contributed by atoms with van der Waals surface area (Å²) in [5, 5.41) is -2.27. The molecule has 0 N–H and O–H groups in total. The van der Waals surface area contributed by atoms with Gasteiger partial charge < -0.3 is 4.90 Å². The Labute approximate surface area is 370 Å². The lowest BCUT2D eigenvalue weighted by Crippen LogP contribution is -2.09. The van der Waals surface area contributed by atoms with Crippen molar-refractivity contribution in [2.75, 3.05) is 4.90 Å². The van der Waals surface area contributed by atoms with Crippen molar-refractivity contribution in [1.82, 2.24) is 15.0 Å². The lowest BCUT2D eigenvalue weighted by molar-refractivity contribution is 1.28. The molecule has 0 radical (unpaired) electrons. The summed E-state index contributed by atoms with van der Waals surface area (Å²) in [6.07, 6.45) is 0. The van der Waals surface area contributed by atoms with Gasteiger partial charge in [0, 0.05) is 60.7 Å². The van der Waals surface area contributed by atoms with Gasteiger partial charge in [-0.15, -0.1) is 0 Å². The lowest BCUT2D eigenvalue weighted by Gasteiger charge is -2.25. The van der Waals surface area contributed by atoms with Gasteiger partial charge in [-0.3, -0.25) is 0 Å². The van der Waals surface area contributed by atoms with Crippen molar-refractivity contribution in [3.8, 4) is 33.8 Å². The van der Waals surface area contributed by atoms with E-state index in [0.717, 1.165) is 0 Å². The molecule has 0 aliphatic heterocycles. The Balaban J connectivity index is 1.28. The van der Waals surface area contributed by atoms with E-state index in [2.05, 4.69) is 9.97 Å². The van der Waals surface area contributed by atoms with Crippen LogP contribution in [-0.4, -0.2) is 15.0 Å². The Bertz CT molecular complexity index is 4830. The van der Waals surface area contributed by atoms with Crippen LogP contribution >= 0.6 is 0 Å². The molecule has 0 amide bonds. The Kier molecular flexibility index (Phi) is 3.51.